The molecule has 0 aromatic rings. The summed E-state index contributed by atoms with van der Waals surface area (Å²) in [6, 6.07) is 0. The lowest BCUT2D eigenvalue weighted by Gasteiger charge is -2.26. The van der Waals surface area contributed by atoms with Crippen LogP contribution in [0, 0.1) is 0 Å². The fourth-order valence-electron chi connectivity index (χ4n) is 1.51. The molecule has 0 radical (unpaired) electrons. The van der Waals surface area contributed by atoms with Crippen molar-refractivity contribution in [3.05, 3.63) is 0 Å². The zero-order valence-corrected chi connectivity index (χ0v) is 8.12. The van der Waals surface area contributed by atoms with Crippen molar-refractivity contribution in [2.75, 3.05) is 26.3 Å². The summed E-state index contributed by atoms with van der Waals surface area (Å²) < 4.78 is 5.29. The van der Waals surface area contributed by atoms with E-state index in [1.165, 1.54) is 0 Å². The van der Waals surface area contributed by atoms with E-state index in [9.17, 15) is 5.11 Å². The van der Waals surface area contributed by atoms with Gasteiger partial charge in [-0.3, -0.25) is 0 Å². The summed E-state index contributed by atoms with van der Waals surface area (Å²) in [7, 11) is 0. The van der Waals surface area contributed by atoms with Gasteiger partial charge >= 0.3 is 0 Å². The lowest BCUT2D eigenvalue weighted by Crippen LogP contribution is -2.46. The van der Waals surface area contributed by atoms with Crippen LogP contribution in [-0.2, 0) is 4.74 Å². The van der Waals surface area contributed by atoms with Crippen LogP contribution in [0.25, 0.3) is 0 Å². The minimum Gasteiger partial charge on any atom is -0.396 e. The van der Waals surface area contributed by atoms with Crippen LogP contribution in [0.2, 0.25) is 0 Å². The average molecular weight is 189 g/mol. The molecule has 1 saturated heterocycles. The zero-order chi connectivity index (χ0) is 9.73. The van der Waals surface area contributed by atoms with Crippen molar-refractivity contribution < 1.29 is 14.9 Å². The van der Waals surface area contributed by atoms with Crippen LogP contribution in [-0.4, -0.2) is 48.2 Å². The third-order valence-corrected chi connectivity index (χ3v) is 2.60. The van der Waals surface area contributed by atoms with Crippen molar-refractivity contribution in [2.45, 2.75) is 31.5 Å². The van der Waals surface area contributed by atoms with Gasteiger partial charge in [0.05, 0.1) is 6.10 Å². The Kier molecular flexibility index (Phi) is 4.12. The van der Waals surface area contributed by atoms with E-state index in [1.54, 1.807) is 0 Å². The maximum absolute atomic E-state index is 10.0. The van der Waals surface area contributed by atoms with Gasteiger partial charge in [0.1, 0.15) is 5.60 Å². The molecule has 4 nitrogen and oxygen atoms in total. The molecule has 13 heavy (non-hydrogen) atoms. The van der Waals surface area contributed by atoms with Crippen LogP contribution in [0.5, 0.6) is 0 Å². The molecular weight excluding hydrogens is 170 g/mol. The normalized spacial score (nSPS) is 33.9. The van der Waals surface area contributed by atoms with Gasteiger partial charge in [0.25, 0.3) is 0 Å². The average Bonchev–Trinajstić information content (AvgIpc) is 2.42. The molecule has 0 spiro atoms. The largest absolute Gasteiger partial charge is 0.396 e. The van der Waals surface area contributed by atoms with Crippen molar-refractivity contribution in [1.29, 1.82) is 0 Å². The summed E-state index contributed by atoms with van der Waals surface area (Å²) in [4.78, 5) is 0. The summed E-state index contributed by atoms with van der Waals surface area (Å²) in [5, 5.41) is 21.7. The van der Waals surface area contributed by atoms with E-state index in [2.05, 4.69) is 5.32 Å². The quantitative estimate of drug-likeness (QED) is 0.510. The molecule has 1 aliphatic rings. The lowest BCUT2D eigenvalue weighted by molar-refractivity contribution is -0.0261. The van der Waals surface area contributed by atoms with E-state index in [-0.39, 0.29) is 12.7 Å². The highest BCUT2D eigenvalue weighted by molar-refractivity contribution is 4.91. The minimum absolute atomic E-state index is 0.0888. The minimum atomic E-state index is -0.713. The molecule has 0 aromatic carbocycles. The molecule has 2 unspecified atom stereocenters. The predicted molar refractivity (Wildman–Crippen MR) is 49.6 cm³/mol. The van der Waals surface area contributed by atoms with Gasteiger partial charge in [0.15, 0.2) is 0 Å². The Hall–Kier alpha value is -0.160. The van der Waals surface area contributed by atoms with E-state index in [0.29, 0.717) is 19.6 Å². The summed E-state index contributed by atoms with van der Waals surface area (Å²) in [5.74, 6) is 0. The topological polar surface area (TPSA) is 61.7 Å². The third kappa shape index (κ3) is 2.91. The Bertz CT molecular complexity index is 154. The number of aliphatic hydroxyl groups is 2. The molecule has 2 atom stereocenters. The molecule has 0 aromatic heterocycles. The number of nitrogens with one attached hydrogen (secondary N) is 1. The van der Waals surface area contributed by atoms with Crippen LogP contribution in [0.3, 0.4) is 0 Å². The van der Waals surface area contributed by atoms with Crippen molar-refractivity contribution >= 4 is 0 Å². The monoisotopic (exact) mass is 189 g/mol. The van der Waals surface area contributed by atoms with Crippen LogP contribution in [0.1, 0.15) is 19.8 Å². The van der Waals surface area contributed by atoms with Crippen LogP contribution < -0.4 is 5.32 Å². The Balaban J connectivity index is 2.18. The second-order valence-electron chi connectivity index (χ2n) is 3.62. The first-order valence-corrected chi connectivity index (χ1v) is 4.84. The third-order valence-electron chi connectivity index (χ3n) is 2.60. The van der Waals surface area contributed by atoms with E-state index in [0.717, 1.165) is 13.0 Å². The first kappa shape index (κ1) is 10.9. The van der Waals surface area contributed by atoms with Gasteiger partial charge in [-0.25, -0.2) is 0 Å². The molecule has 3 N–H and O–H groups in total. The Morgan fingerprint density at radius 2 is 2.38 bits per heavy atom. The highest BCUT2D eigenvalue weighted by atomic mass is 16.5. The highest BCUT2D eigenvalue weighted by Crippen LogP contribution is 2.24. The van der Waals surface area contributed by atoms with Crippen molar-refractivity contribution in [1.82, 2.24) is 5.32 Å². The van der Waals surface area contributed by atoms with E-state index in [4.69, 9.17) is 9.84 Å². The molecule has 1 fully saturated rings. The predicted octanol–water partition coefficient (Wildman–Crippen LogP) is -0.502. The van der Waals surface area contributed by atoms with Gasteiger partial charge in [-0.15, -0.1) is 0 Å². The maximum atomic E-state index is 10.0. The first-order valence-electron chi connectivity index (χ1n) is 4.84. The Morgan fingerprint density at radius 3 is 2.92 bits per heavy atom. The Morgan fingerprint density at radius 1 is 1.62 bits per heavy atom. The lowest BCUT2D eigenvalue weighted by atomic mass is 9.97. The molecule has 1 aliphatic heterocycles. The molecule has 1 rings (SSSR count). The summed E-state index contributed by atoms with van der Waals surface area (Å²) in [5.41, 5.74) is -0.713. The van der Waals surface area contributed by atoms with Gasteiger partial charge in [0, 0.05) is 26.2 Å². The fraction of sp³-hybridized carbons (Fsp3) is 1.00. The summed E-state index contributed by atoms with van der Waals surface area (Å²) >= 11 is 0. The molecule has 4 heteroatoms. The number of hydrogen-bond donors (Lipinski definition) is 3. The molecule has 78 valence electrons. The SMILES string of the molecule is CC1OCCC1(O)CNCCCO. The number of aliphatic hydroxyl groups excluding tert-OH is 1. The van der Waals surface area contributed by atoms with Crippen LogP contribution in [0.15, 0.2) is 0 Å². The maximum Gasteiger partial charge on any atom is 0.105 e. The molecule has 0 amide bonds. The van der Waals surface area contributed by atoms with E-state index in [1.807, 2.05) is 6.92 Å². The first-order chi connectivity index (χ1) is 6.19. The van der Waals surface area contributed by atoms with Crippen molar-refractivity contribution in [3.8, 4) is 0 Å². The smallest absolute Gasteiger partial charge is 0.105 e. The molecule has 1 heterocycles. The number of ether oxygens (including phenoxy) is 1. The van der Waals surface area contributed by atoms with Crippen LogP contribution >= 0.6 is 0 Å². The molecular formula is C9H19NO3. The van der Waals surface area contributed by atoms with Gasteiger partial charge in [-0.2, -0.15) is 0 Å². The Labute approximate surface area is 78.9 Å². The van der Waals surface area contributed by atoms with Gasteiger partial charge < -0.3 is 20.3 Å². The van der Waals surface area contributed by atoms with Gasteiger partial charge in [-0.05, 0) is 19.9 Å². The highest BCUT2D eigenvalue weighted by Gasteiger charge is 2.38. The second-order valence-corrected chi connectivity index (χ2v) is 3.62. The van der Waals surface area contributed by atoms with E-state index >= 15 is 0 Å². The van der Waals surface area contributed by atoms with E-state index < -0.39 is 5.60 Å². The fourth-order valence-corrected chi connectivity index (χ4v) is 1.51. The van der Waals surface area contributed by atoms with Gasteiger partial charge in [0.2, 0.25) is 0 Å². The number of rotatable bonds is 5. The number of hydrogen-bond acceptors (Lipinski definition) is 4. The second kappa shape index (κ2) is 4.91. The van der Waals surface area contributed by atoms with Crippen molar-refractivity contribution in [3.63, 3.8) is 0 Å². The van der Waals surface area contributed by atoms with Crippen molar-refractivity contribution in [2.24, 2.45) is 0 Å². The zero-order valence-electron chi connectivity index (χ0n) is 8.12. The molecule has 0 aliphatic carbocycles. The summed E-state index contributed by atoms with van der Waals surface area (Å²) in [6.45, 7) is 4.01. The van der Waals surface area contributed by atoms with Gasteiger partial charge in [-0.1, -0.05) is 0 Å². The molecule has 0 saturated carbocycles. The van der Waals surface area contributed by atoms with Crippen LogP contribution in [0.4, 0.5) is 0 Å². The summed E-state index contributed by atoms with van der Waals surface area (Å²) in [6.07, 6.45) is 1.33. The standard InChI is InChI=1S/C9H19NO3/c1-8-9(12,3-6-13-8)7-10-4-2-5-11/h8,10-12H,2-7H2,1H3. The molecule has 0 bridgehead atoms.